The molecular formula is C17H15ClFNO. The van der Waals surface area contributed by atoms with Crippen molar-refractivity contribution in [1.29, 1.82) is 0 Å². The molecular weight excluding hydrogens is 289 g/mol. The van der Waals surface area contributed by atoms with Crippen LogP contribution < -0.4 is 5.32 Å². The molecule has 108 valence electrons. The highest BCUT2D eigenvalue weighted by molar-refractivity contribution is 6.32. The fourth-order valence-corrected chi connectivity index (χ4v) is 2.18. The van der Waals surface area contributed by atoms with E-state index in [0.717, 1.165) is 17.7 Å². The van der Waals surface area contributed by atoms with Gasteiger partial charge in [0.15, 0.2) is 0 Å². The number of benzene rings is 2. The first-order chi connectivity index (χ1) is 10.1. The smallest absolute Gasteiger partial charge is 0.248 e. The Morgan fingerprint density at radius 2 is 2.00 bits per heavy atom. The molecule has 1 amide bonds. The predicted molar refractivity (Wildman–Crippen MR) is 84.9 cm³/mol. The van der Waals surface area contributed by atoms with E-state index in [2.05, 4.69) is 5.32 Å². The summed E-state index contributed by atoms with van der Waals surface area (Å²) in [6, 6.07) is 12.0. The molecule has 0 radical (unpaired) electrons. The Balaban J connectivity index is 2.13. The van der Waals surface area contributed by atoms with Gasteiger partial charge in [-0.1, -0.05) is 42.8 Å². The molecule has 0 unspecified atom stereocenters. The zero-order valence-corrected chi connectivity index (χ0v) is 12.3. The summed E-state index contributed by atoms with van der Waals surface area (Å²) in [6.45, 7) is 2.01. The van der Waals surface area contributed by atoms with Crippen LogP contribution in [0.5, 0.6) is 0 Å². The maximum absolute atomic E-state index is 13.6. The van der Waals surface area contributed by atoms with E-state index < -0.39 is 5.82 Å². The van der Waals surface area contributed by atoms with Gasteiger partial charge in [0, 0.05) is 17.3 Å². The van der Waals surface area contributed by atoms with Crippen LogP contribution in [-0.4, -0.2) is 5.91 Å². The van der Waals surface area contributed by atoms with E-state index in [-0.39, 0.29) is 16.5 Å². The third-order valence-corrected chi connectivity index (χ3v) is 3.39. The Hall–Kier alpha value is -2.13. The lowest BCUT2D eigenvalue weighted by molar-refractivity contribution is -0.111. The molecule has 0 spiro atoms. The second-order valence-corrected chi connectivity index (χ2v) is 4.88. The quantitative estimate of drug-likeness (QED) is 0.815. The van der Waals surface area contributed by atoms with E-state index in [1.54, 1.807) is 6.07 Å². The molecule has 2 aromatic carbocycles. The molecule has 0 bridgehead atoms. The van der Waals surface area contributed by atoms with Gasteiger partial charge in [-0.25, -0.2) is 4.39 Å². The maximum atomic E-state index is 13.6. The van der Waals surface area contributed by atoms with Gasteiger partial charge >= 0.3 is 0 Å². The highest BCUT2D eigenvalue weighted by atomic mass is 35.5. The number of hydrogen-bond acceptors (Lipinski definition) is 1. The molecule has 0 aliphatic rings. The molecule has 0 fully saturated rings. The Kier molecular flexibility index (Phi) is 5.12. The number of nitrogens with one attached hydrogen (secondary N) is 1. The number of aryl methyl sites for hydroxylation is 1. The Labute approximate surface area is 128 Å². The number of rotatable bonds is 4. The lowest BCUT2D eigenvalue weighted by Crippen LogP contribution is -2.09. The molecule has 0 aliphatic carbocycles. The number of carbonyl (C=O) groups is 1. The van der Waals surface area contributed by atoms with Gasteiger partial charge in [0.1, 0.15) is 5.82 Å². The van der Waals surface area contributed by atoms with Crippen LogP contribution in [0.25, 0.3) is 6.08 Å². The summed E-state index contributed by atoms with van der Waals surface area (Å²) in [5, 5.41) is 3.05. The second kappa shape index (κ2) is 7.04. The van der Waals surface area contributed by atoms with Gasteiger partial charge in [0.2, 0.25) is 5.91 Å². The molecule has 2 nitrogen and oxygen atoms in total. The highest BCUT2D eigenvalue weighted by Crippen LogP contribution is 2.20. The van der Waals surface area contributed by atoms with Crippen LogP contribution in [0.4, 0.5) is 10.1 Å². The summed E-state index contributed by atoms with van der Waals surface area (Å²) in [7, 11) is 0. The molecule has 2 rings (SSSR count). The number of amides is 1. The topological polar surface area (TPSA) is 29.1 Å². The van der Waals surface area contributed by atoms with E-state index in [1.165, 1.54) is 24.3 Å². The zero-order chi connectivity index (χ0) is 15.2. The number of halogens is 2. The van der Waals surface area contributed by atoms with Crippen LogP contribution in [0.15, 0.2) is 48.5 Å². The molecule has 1 N–H and O–H groups in total. The van der Waals surface area contributed by atoms with Gasteiger partial charge < -0.3 is 5.32 Å². The SMILES string of the molecule is CCc1ccccc1NC(=O)C=Cc1c(F)cccc1Cl. The van der Waals surface area contributed by atoms with E-state index in [4.69, 9.17) is 11.6 Å². The fourth-order valence-electron chi connectivity index (χ4n) is 1.95. The lowest BCUT2D eigenvalue weighted by atomic mass is 10.1. The minimum absolute atomic E-state index is 0.207. The normalized spacial score (nSPS) is 10.8. The summed E-state index contributed by atoms with van der Waals surface area (Å²) in [5.41, 5.74) is 2.01. The highest BCUT2D eigenvalue weighted by Gasteiger charge is 2.05. The number of carbonyl (C=O) groups excluding carboxylic acids is 1. The van der Waals surface area contributed by atoms with E-state index >= 15 is 0 Å². The lowest BCUT2D eigenvalue weighted by Gasteiger charge is -2.07. The third-order valence-electron chi connectivity index (χ3n) is 3.06. The predicted octanol–water partition coefficient (Wildman–Crippen LogP) is 4.69. The minimum atomic E-state index is -0.458. The van der Waals surface area contributed by atoms with Gasteiger partial charge in [0.05, 0.1) is 5.02 Å². The van der Waals surface area contributed by atoms with Crippen molar-refractivity contribution < 1.29 is 9.18 Å². The van der Waals surface area contributed by atoms with Crippen LogP contribution in [0.1, 0.15) is 18.1 Å². The van der Waals surface area contributed by atoms with Crippen LogP contribution in [-0.2, 0) is 11.2 Å². The average Bonchev–Trinajstić information content (AvgIpc) is 2.47. The fraction of sp³-hybridized carbons (Fsp3) is 0.118. The van der Waals surface area contributed by atoms with E-state index in [0.29, 0.717) is 0 Å². The Bertz CT molecular complexity index is 662. The number of anilines is 1. The first-order valence-electron chi connectivity index (χ1n) is 6.62. The number of para-hydroxylation sites is 1. The van der Waals surface area contributed by atoms with Gasteiger partial charge in [0.25, 0.3) is 0 Å². The van der Waals surface area contributed by atoms with Crippen LogP contribution >= 0.6 is 11.6 Å². The number of hydrogen-bond donors (Lipinski definition) is 1. The largest absolute Gasteiger partial charge is 0.322 e. The maximum Gasteiger partial charge on any atom is 0.248 e. The van der Waals surface area contributed by atoms with Crippen molar-refractivity contribution in [2.24, 2.45) is 0 Å². The molecule has 0 saturated carbocycles. The van der Waals surface area contributed by atoms with Crippen molar-refractivity contribution in [1.82, 2.24) is 0 Å². The van der Waals surface area contributed by atoms with Gasteiger partial charge in [-0.15, -0.1) is 0 Å². The Morgan fingerprint density at radius 3 is 2.71 bits per heavy atom. The van der Waals surface area contributed by atoms with Gasteiger partial charge in [-0.2, -0.15) is 0 Å². The van der Waals surface area contributed by atoms with Crippen molar-refractivity contribution >= 4 is 29.3 Å². The molecule has 0 aliphatic heterocycles. The Morgan fingerprint density at radius 1 is 1.24 bits per heavy atom. The monoisotopic (exact) mass is 303 g/mol. The van der Waals surface area contributed by atoms with E-state index in [1.807, 2.05) is 31.2 Å². The van der Waals surface area contributed by atoms with Crippen LogP contribution in [0, 0.1) is 5.82 Å². The molecule has 0 saturated heterocycles. The van der Waals surface area contributed by atoms with Crippen molar-refractivity contribution in [3.05, 3.63) is 70.5 Å². The van der Waals surface area contributed by atoms with Gasteiger partial charge in [-0.05, 0) is 36.3 Å². The average molecular weight is 304 g/mol. The third kappa shape index (κ3) is 3.92. The van der Waals surface area contributed by atoms with Crippen molar-refractivity contribution in [3.8, 4) is 0 Å². The van der Waals surface area contributed by atoms with Crippen molar-refractivity contribution in [2.45, 2.75) is 13.3 Å². The molecule has 21 heavy (non-hydrogen) atoms. The van der Waals surface area contributed by atoms with Crippen LogP contribution in [0.3, 0.4) is 0 Å². The molecule has 0 heterocycles. The first kappa shape index (κ1) is 15.3. The zero-order valence-electron chi connectivity index (χ0n) is 11.6. The summed E-state index contributed by atoms with van der Waals surface area (Å²) < 4.78 is 13.6. The minimum Gasteiger partial charge on any atom is -0.322 e. The molecule has 4 heteroatoms. The standard InChI is InChI=1S/C17H15ClFNO/c1-2-12-6-3-4-9-16(12)20-17(21)11-10-13-14(18)7-5-8-15(13)19/h3-11H,2H2,1H3,(H,20,21). The summed E-state index contributed by atoms with van der Waals surface area (Å²) in [5.74, 6) is -0.782. The molecule has 0 aromatic heterocycles. The first-order valence-corrected chi connectivity index (χ1v) is 7.00. The van der Waals surface area contributed by atoms with E-state index in [9.17, 15) is 9.18 Å². The van der Waals surface area contributed by atoms with Crippen molar-refractivity contribution in [3.63, 3.8) is 0 Å². The summed E-state index contributed by atoms with van der Waals surface area (Å²) in [4.78, 5) is 11.9. The molecule has 0 atom stereocenters. The summed E-state index contributed by atoms with van der Waals surface area (Å²) >= 11 is 5.90. The summed E-state index contributed by atoms with van der Waals surface area (Å²) in [6.07, 6.45) is 3.47. The van der Waals surface area contributed by atoms with Crippen LogP contribution in [0.2, 0.25) is 5.02 Å². The second-order valence-electron chi connectivity index (χ2n) is 4.47. The molecule has 2 aromatic rings. The van der Waals surface area contributed by atoms with Crippen molar-refractivity contribution in [2.75, 3.05) is 5.32 Å². The van der Waals surface area contributed by atoms with Gasteiger partial charge in [-0.3, -0.25) is 4.79 Å².